The predicted molar refractivity (Wildman–Crippen MR) is 113 cm³/mol. The molecule has 0 aromatic heterocycles. The lowest BCUT2D eigenvalue weighted by Crippen LogP contribution is -2.58. The number of aryl methyl sites for hydroxylation is 1. The first-order chi connectivity index (χ1) is 15.0. The second kappa shape index (κ2) is 11.4. The number of carbonyl (C=O) groups is 3. The Kier molecular flexibility index (Phi) is 9.21. The van der Waals surface area contributed by atoms with E-state index in [2.05, 4.69) is 6.58 Å². The molecule has 5 atom stereocenters. The highest BCUT2D eigenvalue weighted by atomic mass is 35.5. The summed E-state index contributed by atoms with van der Waals surface area (Å²) < 4.78 is 27.0. The second-order valence-corrected chi connectivity index (χ2v) is 7.68. The van der Waals surface area contributed by atoms with E-state index in [0.29, 0.717) is 28.3 Å². The number of rotatable bonds is 8. The molecule has 0 bridgehead atoms. The first-order valence-electron chi connectivity index (χ1n) is 9.87. The molecule has 0 aliphatic carbocycles. The van der Waals surface area contributed by atoms with Gasteiger partial charge in [0.15, 0.2) is 12.2 Å². The molecule has 1 unspecified atom stereocenters. The van der Waals surface area contributed by atoms with E-state index < -0.39 is 48.6 Å². The molecule has 2 rings (SSSR count). The third-order valence-electron chi connectivity index (χ3n) is 4.64. The maximum absolute atomic E-state index is 11.8. The summed E-state index contributed by atoms with van der Waals surface area (Å²) in [6.45, 7) is 9.29. The van der Waals surface area contributed by atoms with Crippen LogP contribution in [0.3, 0.4) is 0 Å². The fourth-order valence-electron chi connectivity index (χ4n) is 3.38. The second-order valence-electron chi connectivity index (χ2n) is 7.28. The lowest BCUT2D eigenvalue weighted by molar-refractivity contribution is -0.296. The van der Waals surface area contributed by atoms with Gasteiger partial charge in [0.2, 0.25) is 6.29 Å². The molecule has 9 nitrogen and oxygen atoms in total. The summed E-state index contributed by atoms with van der Waals surface area (Å²) in [6.07, 6.45) is -5.09. The Bertz CT molecular complexity index is 869. The Labute approximate surface area is 191 Å². The summed E-state index contributed by atoms with van der Waals surface area (Å²) in [5.41, 5.74) is 1.82. The third kappa shape index (κ3) is 6.52. The van der Waals surface area contributed by atoms with Crippen LogP contribution in [0.1, 0.15) is 43.6 Å². The smallest absolute Gasteiger partial charge is 0.305 e. The van der Waals surface area contributed by atoms with E-state index in [1.54, 1.807) is 25.1 Å². The quantitative estimate of drug-likeness (QED) is 0.264. The minimum absolute atomic E-state index is 0.176. The fraction of sp³-hybridized carbons (Fsp3) is 0.500. The van der Waals surface area contributed by atoms with Crippen LogP contribution >= 0.6 is 11.6 Å². The zero-order chi connectivity index (χ0) is 24.0. The van der Waals surface area contributed by atoms with Crippen LogP contribution in [0.25, 0.3) is 0 Å². The summed E-state index contributed by atoms with van der Waals surface area (Å²) in [5, 5.41) is 11.4. The zero-order valence-electron chi connectivity index (χ0n) is 18.3. The minimum atomic E-state index is -1.54. The van der Waals surface area contributed by atoms with Crippen molar-refractivity contribution in [3.05, 3.63) is 46.5 Å². The highest BCUT2D eigenvalue weighted by Crippen LogP contribution is 2.39. The maximum atomic E-state index is 11.8. The van der Waals surface area contributed by atoms with Crippen molar-refractivity contribution in [3.8, 4) is 0 Å². The standard InChI is InChI=1S/C22H27ClO9/c1-6-7-28-10-15-9-16(11(2)8-17(15)23)19-20(29-12(3)24)18(27)21(30-13(4)25)22(32-19)31-14(5)26/h6,8-9,18-22,27H,1,7,10H2,2-5H3/t18-,19+,20-,21+,22?/m1/s1. The zero-order valence-corrected chi connectivity index (χ0v) is 19.1. The molecule has 0 spiro atoms. The van der Waals surface area contributed by atoms with Crippen molar-refractivity contribution < 1.29 is 43.2 Å². The van der Waals surface area contributed by atoms with Crippen molar-refractivity contribution in [1.82, 2.24) is 0 Å². The van der Waals surface area contributed by atoms with Gasteiger partial charge in [-0.15, -0.1) is 6.58 Å². The summed E-state index contributed by atoms with van der Waals surface area (Å²) in [6, 6.07) is 3.38. The van der Waals surface area contributed by atoms with Gasteiger partial charge in [0.25, 0.3) is 0 Å². The molecule has 176 valence electrons. The highest BCUT2D eigenvalue weighted by molar-refractivity contribution is 6.31. The summed E-state index contributed by atoms with van der Waals surface area (Å²) in [4.78, 5) is 34.9. The molecular formula is C22H27ClO9. The molecule has 10 heteroatoms. The largest absolute Gasteiger partial charge is 0.456 e. The molecule has 0 amide bonds. The molecule has 1 aromatic carbocycles. The maximum Gasteiger partial charge on any atom is 0.305 e. The molecule has 1 aliphatic rings. The molecule has 1 aliphatic heterocycles. The van der Waals surface area contributed by atoms with Crippen molar-refractivity contribution >= 4 is 29.5 Å². The number of halogens is 1. The number of carbonyl (C=O) groups excluding carboxylic acids is 3. The number of hydrogen-bond donors (Lipinski definition) is 1. The van der Waals surface area contributed by atoms with Crippen LogP contribution in [0.2, 0.25) is 5.02 Å². The number of hydrogen-bond acceptors (Lipinski definition) is 9. The van der Waals surface area contributed by atoms with E-state index in [1.165, 1.54) is 6.92 Å². The summed E-state index contributed by atoms with van der Waals surface area (Å²) in [7, 11) is 0. The first kappa shape index (κ1) is 25.8. The van der Waals surface area contributed by atoms with Crippen molar-refractivity contribution in [2.75, 3.05) is 6.61 Å². The molecule has 1 N–H and O–H groups in total. The van der Waals surface area contributed by atoms with Gasteiger partial charge in [-0.1, -0.05) is 17.7 Å². The number of ether oxygens (including phenoxy) is 5. The summed E-state index contributed by atoms with van der Waals surface area (Å²) >= 11 is 6.34. The van der Waals surface area contributed by atoms with Crippen LogP contribution < -0.4 is 0 Å². The topological polar surface area (TPSA) is 118 Å². The van der Waals surface area contributed by atoms with Gasteiger partial charge in [-0.05, 0) is 35.7 Å². The van der Waals surface area contributed by atoms with Gasteiger partial charge >= 0.3 is 17.9 Å². The van der Waals surface area contributed by atoms with Crippen molar-refractivity contribution in [2.45, 2.75) is 65.0 Å². The molecular weight excluding hydrogens is 444 g/mol. The van der Waals surface area contributed by atoms with E-state index >= 15 is 0 Å². The average molecular weight is 471 g/mol. The first-order valence-corrected chi connectivity index (χ1v) is 10.3. The molecule has 1 aromatic rings. The Morgan fingerprint density at radius 1 is 1.09 bits per heavy atom. The van der Waals surface area contributed by atoms with E-state index in [0.717, 1.165) is 13.8 Å². The molecule has 1 heterocycles. The SMILES string of the molecule is C=CCOCc1cc([C@@H]2OC(OC(C)=O)[C@@H](OC(C)=O)[C@H](O)[C@H]2OC(C)=O)c(C)cc1Cl. The van der Waals surface area contributed by atoms with Gasteiger partial charge < -0.3 is 28.8 Å². The van der Waals surface area contributed by atoms with Crippen molar-refractivity contribution in [1.29, 1.82) is 0 Å². The molecule has 0 radical (unpaired) electrons. The van der Waals surface area contributed by atoms with Crippen molar-refractivity contribution in [3.63, 3.8) is 0 Å². The number of aliphatic hydroxyl groups is 1. The highest BCUT2D eigenvalue weighted by Gasteiger charge is 2.51. The van der Waals surface area contributed by atoms with Crippen LogP contribution in [-0.2, 0) is 44.7 Å². The van der Waals surface area contributed by atoms with Gasteiger partial charge in [0.05, 0.1) is 13.2 Å². The summed E-state index contributed by atoms with van der Waals surface area (Å²) in [5.74, 6) is -2.13. The Hall–Kier alpha value is -2.46. The average Bonchev–Trinajstić information content (AvgIpc) is 2.68. The Morgan fingerprint density at radius 2 is 1.69 bits per heavy atom. The van der Waals surface area contributed by atoms with Crippen LogP contribution in [0, 0.1) is 6.92 Å². The van der Waals surface area contributed by atoms with E-state index in [4.69, 9.17) is 35.3 Å². The van der Waals surface area contributed by atoms with Gasteiger partial charge in [-0.2, -0.15) is 0 Å². The van der Waals surface area contributed by atoms with E-state index in [9.17, 15) is 19.5 Å². The number of aliphatic hydroxyl groups excluding tert-OH is 1. The van der Waals surface area contributed by atoms with Gasteiger partial charge in [-0.3, -0.25) is 14.4 Å². The van der Waals surface area contributed by atoms with E-state index in [-0.39, 0.29) is 6.61 Å². The normalized spacial score (nSPS) is 25.0. The van der Waals surface area contributed by atoms with Crippen LogP contribution in [-0.4, -0.2) is 54.2 Å². The number of esters is 3. The van der Waals surface area contributed by atoms with Crippen LogP contribution in [0.5, 0.6) is 0 Å². The molecule has 0 saturated carbocycles. The minimum Gasteiger partial charge on any atom is -0.456 e. The molecule has 32 heavy (non-hydrogen) atoms. The number of benzene rings is 1. The molecule has 1 fully saturated rings. The van der Waals surface area contributed by atoms with E-state index in [1.807, 2.05) is 0 Å². The van der Waals surface area contributed by atoms with Gasteiger partial charge in [0.1, 0.15) is 12.2 Å². The Morgan fingerprint density at radius 3 is 2.25 bits per heavy atom. The Balaban J connectivity index is 2.51. The third-order valence-corrected chi connectivity index (χ3v) is 4.99. The van der Waals surface area contributed by atoms with Gasteiger partial charge in [0, 0.05) is 25.8 Å². The lowest BCUT2D eigenvalue weighted by atomic mass is 9.90. The van der Waals surface area contributed by atoms with Crippen molar-refractivity contribution in [2.24, 2.45) is 0 Å². The molecule has 1 saturated heterocycles. The van der Waals surface area contributed by atoms with Gasteiger partial charge in [-0.25, -0.2) is 0 Å². The lowest BCUT2D eigenvalue weighted by Gasteiger charge is -2.43. The fourth-order valence-corrected chi connectivity index (χ4v) is 3.65. The monoisotopic (exact) mass is 470 g/mol. The van der Waals surface area contributed by atoms with Crippen LogP contribution in [0.15, 0.2) is 24.8 Å². The predicted octanol–water partition coefficient (Wildman–Crippen LogP) is 2.54. The van der Waals surface area contributed by atoms with Crippen LogP contribution in [0.4, 0.5) is 0 Å².